The summed E-state index contributed by atoms with van der Waals surface area (Å²) in [6, 6.07) is 11.4. The smallest absolute Gasteiger partial charge is 0.283 e. The normalized spacial score (nSPS) is 13.8. The van der Waals surface area contributed by atoms with Gasteiger partial charge in [-0.05, 0) is 36.4 Å². The van der Waals surface area contributed by atoms with E-state index in [4.69, 9.17) is 46.4 Å². The number of benzene rings is 3. The van der Waals surface area contributed by atoms with Gasteiger partial charge in [0.2, 0.25) is 0 Å². The number of phenols is 2. The number of phenolic OH excluding ortho intramolecular Hbond substituents is 2. The molecule has 3 rings (SSSR count). The van der Waals surface area contributed by atoms with Crippen LogP contribution in [0.25, 0.3) is 0 Å². The summed E-state index contributed by atoms with van der Waals surface area (Å²) in [5, 5.41) is 20.8. The molecule has 0 saturated heterocycles. The molecule has 0 amide bonds. The van der Waals surface area contributed by atoms with Crippen LogP contribution in [0.3, 0.4) is 0 Å². The average molecular weight is 494 g/mol. The van der Waals surface area contributed by atoms with Gasteiger partial charge in [0.15, 0.2) is 4.75 Å². The van der Waals surface area contributed by atoms with E-state index >= 15 is 0 Å². The molecular formula is C19H12Cl4O5S. The van der Waals surface area contributed by atoms with Crippen molar-refractivity contribution in [3.8, 4) is 11.5 Å². The maximum atomic E-state index is 13.0. The molecule has 0 saturated carbocycles. The van der Waals surface area contributed by atoms with Crippen molar-refractivity contribution >= 4 is 56.5 Å². The van der Waals surface area contributed by atoms with Gasteiger partial charge in [-0.15, -0.1) is 0 Å². The van der Waals surface area contributed by atoms with Crippen LogP contribution in [0.2, 0.25) is 20.1 Å². The van der Waals surface area contributed by atoms with Crippen molar-refractivity contribution in [3.05, 3.63) is 91.4 Å². The van der Waals surface area contributed by atoms with Crippen LogP contribution in [-0.2, 0) is 14.9 Å². The topological polar surface area (TPSA) is 94.8 Å². The fourth-order valence-corrected chi connectivity index (χ4v) is 6.02. The summed E-state index contributed by atoms with van der Waals surface area (Å²) < 4.78 is 33.9. The second-order valence-corrected chi connectivity index (χ2v) is 9.33. The van der Waals surface area contributed by atoms with Crippen LogP contribution in [-0.4, -0.2) is 23.2 Å². The first-order valence-corrected chi connectivity index (χ1v) is 10.8. The molecule has 3 aromatic carbocycles. The predicted molar refractivity (Wildman–Crippen MR) is 114 cm³/mol. The van der Waals surface area contributed by atoms with Gasteiger partial charge in [-0.25, -0.2) is 0 Å². The van der Waals surface area contributed by atoms with Gasteiger partial charge in [0, 0.05) is 36.8 Å². The molecule has 1 unspecified atom stereocenters. The molecule has 0 aliphatic rings. The van der Waals surface area contributed by atoms with Crippen molar-refractivity contribution < 1.29 is 23.2 Å². The largest absolute Gasteiger partial charge is 0.508 e. The second-order valence-electron chi connectivity index (χ2n) is 6.08. The van der Waals surface area contributed by atoms with Gasteiger partial charge in [0.05, 0.1) is 0 Å². The van der Waals surface area contributed by atoms with Crippen LogP contribution >= 0.6 is 46.4 Å². The van der Waals surface area contributed by atoms with Crippen LogP contribution in [0.5, 0.6) is 11.5 Å². The van der Waals surface area contributed by atoms with E-state index < -0.39 is 26.4 Å². The maximum Gasteiger partial charge on any atom is 0.283 e. The van der Waals surface area contributed by atoms with E-state index in [1.807, 2.05) is 0 Å². The van der Waals surface area contributed by atoms with Gasteiger partial charge in [0.1, 0.15) is 11.5 Å². The van der Waals surface area contributed by atoms with Gasteiger partial charge in [-0.2, -0.15) is 8.42 Å². The lowest BCUT2D eigenvalue weighted by Crippen LogP contribution is -2.39. The number of rotatable bonds is 4. The Balaban J connectivity index is 2.68. The Bertz CT molecular complexity index is 1190. The van der Waals surface area contributed by atoms with Gasteiger partial charge in [-0.3, -0.25) is 4.55 Å². The van der Waals surface area contributed by atoms with E-state index in [2.05, 4.69) is 0 Å². The maximum absolute atomic E-state index is 13.0. The van der Waals surface area contributed by atoms with Crippen LogP contribution in [0.1, 0.15) is 16.7 Å². The summed E-state index contributed by atoms with van der Waals surface area (Å²) in [6.07, 6.45) is 0. The minimum Gasteiger partial charge on any atom is -0.508 e. The number of hydrogen-bond acceptors (Lipinski definition) is 4. The summed E-state index contributed by atoms with van der Waals surface area (Å²) in [4.78, 5) is 0. The molecule has 152 valence electrons. The molecular weight excluding hydrogens is 482 g/mol. The minimum absolute atomic E-state index is 0.0578. The third-order valence-corrected chi connectivity index (χ3v) is 6.83. The lowest BCUT2D eigenvalue weighted by molar-refractivity contribution is 0.428. The van der Waals surface area contributed by atoms with Crippen LogP contribution in [0.4, 0.5) is 0 Å². The Labute approximate surface area is 186 Å². The fraction of sp³-hybridized carbons (Fsp3) is 0.0526. The molecule has 0 heterocycles. The SMILES string of the molecule is O=S(=O)(O)C(c1ccccc1O)(c1cc(Cl)ccc1O)c1c(Cl)cc(Cl)cc1Cl. The summed E-state index contributed by atoms with van der Waals surface area (Å²) in [7, 11) is -5.20. The van der Waals surface area contributed by atoms with Crippen molar-refractivity contribution in [3.63, 3.8) is 0 Å². The number of para-hydroxylation sites is 1. The first-order chi connectivity index (χ1) is 13.5. The summed E-state index contributed by atoms with van der Waals surface area (Å²) in [5.74, 6) is -1.02. The third kappa shape index (κ3) is 3.65. The van der Waals surface area contributed by atoms with Gasteiger partial charge >= 0.3 is 0 Å². The monoisotopic (exact) mass is 492 g/mol. The number of hydrogen-bond donors (Lipinski definition) is 3. The van der Waals surface area contributed by atoms with Crippen molar-refractivity contribution in [1.29, 1.82) is 0 Å². The highest BCUT2D eigenvalue weighted by molar-refractivity contribution is 7.87. The van der Waals surface area contributed by atoms with Crippen molar-refractivity contribution in [2.75, 3.05) is 0 Å². The molecule has 10 heteroatoms. The quantitative estimate of drug-likeness (QED) is 0.311. The molecule has 0 aromatic heterocycles. The first-order valence-electron chi connectivity index (χ1n) is 7.89. The molecule has 29 heavy (non-hydrogen) atoms. The molecule has 1 atom stereocenters. The molecule has 5 nitrogen and oxygen atoms in total. The Hall–Kier alpha value is -1.67. The van der Waals surface area contributed by atoms with Crippen molar-refractivity contribution in [1.82, 2.24) is 0 Å². The zero-order valence-electron chi connectivity index (χ0n) is 14.3. The summed E-state index contributed by atoms with van der Waals surface area (Å²) in [5.41, 5.74) is -0.974. The molecule has 3 aromatic rings. The zero-order chi connectivity index (χ0) is 21.6. The molecule has 0 radical (unpaired) electrons. The van der Waals surface area contributed by atoms with Crippen molar-refractivity contribution in [2.24, 2.45) is 0 Å². The standard InChI is InChI=1S/C19H12Cl4O5S/c20-10-5-6-17(25)13(7-10)19(29(26,27)28,12-3-1-2-4-16(12)24)18-14(22)8-11(21)9-15(18)23/h1-9,24-25H,(H,26,27,28). The fourth-order valence-electron chi connectivity index (χ4n) is 3.26. The van der Waals surface area contributed by atoms with Crippen LogP contribution in [0.15, 0.2) is 54.6 Å². The lowest BCUT2D eigenvalue weighted by Gasteiger charge is -2.34. The Morgan fingerprint density at radius 3 is 1.83 bits per heavy atom. The van der Waals surface area contributed by atoms with Crippen LogP contribution in [0, 0.1) is 0 Å². The van der Waals surface area contributed by atoms with E-state index in [1.54, 1.807) is 0 Å². The summed E-state index contributed by atoms with van der Waals surface area (Å²) in [6.45, 7) is 0. The van der Waals surface area contributed by atoms with E-state index in [1.165, 1.54) is 42.5 Å². The Kier molecular flexibility index (Phi) is 5.98. The lowest BCUT2D eigenvalue weighted by atomic mass is 9.82. The van der Waals surface area contributed by atoms with Crippen molar-refractivity contribution in [2.45, 2.75) is 4.75 Å². The number of aromatic hydroxyl groups is 2. The van der Waals surface area contributed by atoms with E-state index in [9.17, 15) is 23.2 Å². The van der Waals surface area contributed by atoms with E-state index in [0.717, 1.165) is 12.1 Å². The minimum atomic E-state index is -5.20. The zero-order valence-corrected chi connectivity index (χ0v) is 18.1. The van der Waals surface area contributed by atoms with Gasteiger partial charge < -0.3 is 10.2 Å². The van der Waals surface area contributed by atoms with Gasteiger partial charge in [-0.1, -0.05) is 64.6 Å². The highest BCUT2D eigenvalue weighted by Crippen LogP contribution is 2.54. The average Bonchev–Trinajstić information content (AvgIpc) is 2.60. The molecule has 0 bridgehead atoms. The molecule has 0 aliphatic carbocycles. The Morgan fingerprint density at radius 1 is 0.724 bits per heavy atom. The summed E-state index contributed by atoms with van der Waals surface area (Å²) >= 11 is 24.7. The molecule has 3 N–H and O–H groups in total. The number of halogens is 4. The highest BCUT2D eigenvalue weighted by Gasteiger charge is 2.53. The predicted octanol–water partition coefficient (Wildman–Crippen LogP) is 5.89. The van der Waals surface area contributed by atoms with E-state index in [-0.39, 0.29) is 36.8 Å². The molecule has 0 fully saturated rings. The van der Waals surface area contributed by atoms with Crippen LogP contribution < -0.4 is 0 Å². The van der Waals surface area contributed by atoms with E-state index in [0.29, 0.717) is 0 Å². The van der Waals surface area contributed by atoms with Gasteiger partial charge in [0.25, 0.3) is 10.1 Å². The first kappa shape index (κ1) is 22.0. The Morgan fingerprint density at radius 2 is 1.28 bits per heavy atom. The highest BCUT2D eigenvalue weighted by atomic mass is 35.5. The molecule has 0 spiro atoms. The molecule has 0 aliphatic heterocycles. The third-order valence-electron chi connectivity index (χ3n) is 4.37. The second kappa shape index (κ2) is 7.87.